The van der Waals surface area contributed by atoms with E-state index >= 15 is 0 Å². The summed E-state index contributed by atoms with van der Waals surface area (Å²) in [6, 6.07) is 6.13. The number of aromatic nitrogens is 2. The summed E-state index contributed by atoms with van der Waals surface area (Å²) < 4.78 is 0. The number of urea groups is 2. The topological polar surface area (TPSA) is 125 Å². The fraction of sp³-hybridized carbons (Fsp3) is 0.300. The molecule has 35 heavy (non-hydrogen) atoms. The molecule has 2 aliphatic rings. The molecule has 2 unspecified atom stereocenters. The van der Waals surface area contributed by atoms with E-state index in [9.17, 15) is 19.2 Å². The Hall–Kier alpha value is -1.97. The zero-order valence-electron chi connectivity index (χ0n) is 18.9. The number of nitrogens with one attached hydrogen (secondary N) is 2. The first-order valence-corrected chi connectivity index (χ1v) is 9.13. The van der Waals surface area contributed by atoms with Crippen LogP contribution in [0.1, 0.15) is 25.0 Å². The van der Waals surface area contributed by atoms with E-state index in [4.69, 9.17) is 0 Å². The molecule has 6 amide bonds. The molecule has 2 fully saturated rings. The molecule has 0 bridgehead atoms. The second-order valence-corrected chi connectivity index (χ2v) is 7.31. The summed E-state index contributed by atoms with van der Waals surface area (Å²) in [7, 11) is 2.92. The summed E-state index contributed by atoms with van der Waals surface area (Å²) in [5.41, 5.74) is -0.454. The summed E-state index contributed by atoms with van der Waals surface area (Å²) in [6.45, 7) is 3.37. The Morgan fingerprint density at radius 3 is 1.09 bits per heavy atom. The Morgan fingerprint density at radius 1 is 0.629 bits per heavy atom. The van der Waals surface area contributed by atoms with Gasteiger partial charge >= 0.3 is 33.1 Å². The van der Waals surface area contributed by atoms with Gasteiger partial charge in [0.2, 0.25) is 0 Å². The number of rotatable bonds is 2. The Labute approximate surface area is 242 Å². The van der Waals surface area contributed by atoms with Gasteiger partial charge in [0, 0.05) is 38.9 Å². The van der Waals surface area contributed by atoms with Gasteiger partial charge in [-0.25, -0.2) is 9.59 Å². The Kier molecular flexibility index (Phi) is 15.6. The summed E-state index contributed by atoms with van der Waals surface area (Å²) in [5, 5.41) is 5.31. The normalized spacial score (nSPS) is 21.9. The summed E-state index contributed by atoms with van der Waals surface area (Å²) in [4.78, 5) is 56.3. The SMILES string of the molecule is CN1C(=O)NC(C)(c2ccncc2)C1=O.CN1C(=O)NC(C)(c2ccncc2)C1=O.[Cl-].[Cl-].[Cl-].[Cl-].[Pt+4]. The third kappa shape index (κ3) is 7.04. The number of amides is 6. The van der Waals surface area contributed by atoms with Crippen LogP contribution in [0.15, 0.2) is 49.1 Å². The molecule has 2 N–H and O–H groups in total. The van der Waals surface area contributed by atoms with Crippen LogP contribution in [-0.4, -0.2) is 57.7 Å². The molecule has 194 valence electrons. The number of pyridine rings is 2. The third-order valence-corrected chi connectivity index (χ3v) is 5.30. The standard InChI is InChI=1S/2C10H11N3O2.4ClH.Pt/c2*1-10(7-3-5-11-6-4-7)8(14)13(2)9(15)12-10;;;;;/h2*3-6H,1-2H3,(H,12,15);4*1H;/q;;;;;;+4/p-4. The molecule has 0 saturated carbocycles. The molecule has 4 rings (SSSR count). The number of imide groups is 2. The van der Waals surface area contributed by atoms with Crippen molar-refractivity contribution in [1.82, 2.24) is 30.4 Å². The van der Waals surface area contributed by atoms with Crippen molar-refractivity contribution >= 4 is 23.9 Å². The molecule has 2 aromatic rings. The van der Waals surface area contributed by atoms with Crippen LogP contribution in [0.25, 0.3) is 0 Å². The van der Waals surface area contributed by atoms with Crippen molar-refractivity contribution < 1.29 is 89.9 Å². The molecule has 2 aliphatic heterocycles. The number of hydrogen-bond acceptors (Lipinski definition) is 6. The van der Waals surface area contributed by atoms with E-state index < -0.39 is 11.1 Å². The first-order valence-electron chi connectivity index (χ1n) is 9.13. The zero-order chi connectivity index (χ0) is 22.1. The quantitative estimate of drug-likeness (QED) is 0.295. The van der Waals surface area contributed by atoms with Crippen LogP contribution in [0.4, 0.5) is 9.59 Å². The molecule has 15 heteroatoms. The molecule has 0 aliphatic carbocycles. The summed E-state index contributed by atoms with van der Waals surface area (Å²) >= 11 is 0. The van der Waals surface area contributed by atoms with E-state index in [0.29, 0.717) is 0 Å². The molecule has 2 atom stereocenters. The average Bonchev–Trinajstić information content (AvgIpc) is 3.09. The van der Waals surface area contributed by atoms with Crippen molar-refractivity contribution in [3.05, 3.63) is 60.2 Å². The monoisotopic (exact) mass is 745 g/mol. The van der Waals surface area contributed by atoms with Crippen molar-refractivity contribution in [2.45, 2.75) is 24.9 Å². The van der Waals surface area contributed by atoms with E-state index in [1.165, 1.54) is 14.1 Å². The Balaban J connectivity index is -0.000000512. The second kappa shape index (κ2) is 14.6. The third-order valence-electron chi connectivity index (χ3n) is 5.30. The van der Waals surface area contributed by atoms with Crippen LogP contribution in [0.3, 0.4) is 0 Å². The molecule has 0 radical (unpaired) electrons. The number of halogens is 4. The van der Waals surface area contributed by atoms with E-state index in [1.54, 1.807) is 62.9 Å². The number of carbonyl (C=O) groups excluding carboxylic acids is 4. The maximum Gasteiger partial charge on any atom is 4.00 e. The molecule has 10 nitrogen and oxygen atoms in total. The molecule has 2 aromatic heterocycles. The van der Waals surface area contributed by atoms with Crippen molar-refractivity contribution in [2.24, 2.45) is 0 Å². The predicted molar refractivity (Wildman–Crippen MR) is 106 cm³/mol. The van der Waals surface area contributed by atoms with Gasteiger partial charge in [-0.2, -0.15) is 0 Å². The smallest absolute Gasteiger partial charge is 1.00 e. The predicted octanol–water partition coefficient (Wildman–Crippen LogP) is -11.0. The molecule has 0 spiro atoms. The van der Waals surface area contributed by atoms with Crippen LogP contribution in [0.2, 0.25) is 0 Å². The average molecular weight is 747 g/mol. The van der Waals surface area contributed by atoms with Crippen LogP contribution >= 0.6 is 0 Å². The van der Waals surface area contributed by atoms with Crippen LogP contribution in [-0.2, 0) is 41.7 Å². The summed E-state index contributed by atoms with van der Waals surface area (Å²) in [6.07, 6.45) is 6.38. The second-order valence-electron chi connectivity index (χ2n) is 7.31. The van der Waals surface area contributed by atoms with E-state index in [0.717, 1.165) is 20.9 Å². The first kappa shape index (κ1) is 37.6. The summed E-state index contributed by atoms with van der Waals surface area (Å²) in [5.74, 6) is -0.502. The Bertz CT molecular complexity index is 942. The van der Waals surface area contributed by atoms with Gasteiger partial charge in [0.15, 0.2) is 0 Å². The number of hydrogen-bond donors (Lipinski definition) is 2. The molecule has 0 aromatic carbocycles. The van der Waals surface area contributed by atoms with Gasteiger partial charge in [-0.15, -0.1) is 0 Å². The maximum atomic E-state index is 11.9. The molecular weight excluding hydrogens is 725 g/mol. The van der Waals surface area contributed by atoms with Crippen molar-refractivity contribution in [3.63, 3.8) is 0 Å². The largest absolute Gasteiger partial charge is 4.00 e. The Morgan fingerprint density at radius 2 is 0.886 bits per heavy atom. The first-order chi connectivity index (χ1) is 14.1. The van der Waals surface area contributed by atoms with E-state index in [-0.39, 0.29) is 94.6 Å². The van der Waals surface area contributed by atoms with Gasteiger partial charge in [0.1, 0.15) is 11.1 Å². The van der Waals surface area contributed by atoms with Gasteiger partial charge in [-0.3, -0.25) is 29.4 Å². The maximum absolute atomic E-state index is 11.9. The van der Waals surface area contributed by atoms with Gasteiger partial charge in [0.05, 0.1) is 0 Å². The fourth-order valence-corrected chi connectivity index (χ4v) is 3.32. The minimum Gasteiger partial charge on any atom is -1.00 e. The fourth-order valence-electron chi connectivity index (χ4n) is 3.32. The minimum atomic E-state index is -0.964. The van der Waals surface area contributed by atoms with Gasteiger partial charge < -0.3 is 60.3 Å². The number of likely N-dealkylation sites (N-methyl/N-ethyl adjacent to an activating group) is 2. The minimum absolute atomic E-state index is 0. The van der Waals surface area contributed by atoms with E-state index in [2.05, 4.69) is 20.6 Å². The molecular formula is C20H22Cl4N6O4Pt. The van der Waals surface area contributed by atoms with E-state index in [1.807, 2.05) is 0 Å². The van der Waals surface area contributed by atoms with Crippen molar-refractivity contribution in [1.29, 1.82) is 0 Å². The van der Waals surface area contributed by atoms with Gasteiger partial charge in [0.25, 0.3) is 11.8 Å². The molecule has 2 saturated heterocycles. The van der Waals surface area contributed by atoms with Gasteiger partial charge in [-0.05, 0) is 49.2 Å². The zero-order valence-corrected chi connectivity index (χ0v) is 24.2. The molecule has 4 heterocycles. The van der Waals surface area contributed by atoms with Crippen LogP contribution in [0, 0.1) is 0 Å². The van der Waals surface area contributed by atoms with Gasteiger partial charge in [-0.1, -0.05) is 0 Å². The number of carbonyl (C=O) groups is 4. The number of nitrogens with zero attached hydrogens (tertiary/aromatic N) is 4. The van der Waals surface area contributed by atoms with Crippen molar-refractivity contribution in [2.75, 3.05) is 14.1 Å². The van der Waals surface area contributed by atoms with Crippen molar-refractivity contribution in [3.8, 4) is 0 Å². The van der Waals surface area contributed by atoms with Crippen LogP contribution in [0.5, 0.6) is 0 Å². The van der Waals surface area contributed by atoms with Crippen LogP contribution < -0.4 is 60.3 Å².